The molecule has 0 radical (unpaired) electrons. The molecule has 0 aliphatic carbocycles. The van der Waals surface area contributed by atoms with E-state index in [2.05, 4.69) is 27.5 Å². The van der Waals surface area contributed by atoms with Gasteiger partial charge < -0.3 is 19.5 Å². The number of fused-ring (bicyclic) bond motifs is 1. The maximum absolute atomic E-state index is 12.9. The molecule has 4 rings (SSSR count). The molecular weight excluding hydrogens is 318 g/mol. The Kier molecular flexibility index (Phi) is 4.44. The van der Waals surface area contributed by atoms with E-state index in [4.69, 9.17) is 9.26 Å². The summed E-state index contributed by atoms with van der Waals surface area (Å²) in [7, 11) is 1.67. The molecule has 0 unspecified atom stereocenters. The van der Waals surface area contributed by atoms with Gasteiger partial charge in [-0.15, -0.1) is 0 Å². The van der Waals surface area contributed by atoms with Gasteiger partial charge in [0.1, 0.15) is 11.5 Å². The minimum absolute atomic E-state index is 0.133. The molecule has 2 fully saturated rings. The molecular formula is C19H23N3O3. The molecule has 3 atom stereocenters. The van der Waals surface area contributed by atoms with E-state index < -0.39 is 0 Å². The zero-order chi connectivity index (χ0) is 17.2. The zero-order valence-corrected chi connectivity index (χ0v) is 14.4. The number of likely N-dealkylation sites (tertiary alicyclic amines) is 1. The van der Waals surface area contributed by atoms with Gasteiger partial charge >= 0.3 is 0 Å². The number of amides is 1. The molecule has 2 aliphatic heterocycles. The van der Waals surface area contributed by atoms with Crippen molar-refractivity contribution in [3.05, 3.63) is 47.9 Å². The van der Waals surface area contributed by atoms with Crippen molar-refractivity contribution in [1.82, 2.24) is 15.4 Å². The number of carbonyl (C=O) groups is 1. The van der Waals surface area contributed by atoms with Crippen LogP contribution in [0.5, 0.6) is 5.75 Å². The van der Waals surface area contributed by atoms with Crippen LogP contribution in [0.2, 0.25) is 0 Å². The van der Waals surface area contributed by atoms with Crippen molar-refractivity contribution in [2.45, 2.75) is 18.9 Å². The standard InChI is InChI=1S/C19H23N3O3/c1-24-15-4-2-13(3-5-15)19-17-11-20-10-14(17)12-22(19)18(23)7-6-16-8-9-21-25-16/h2-5,8-9,14,17,19-20H,6-7,10-12H2,1H3/t14-,17-,19-/m0/s1. The zero-order valence-electron chi connectivity index (χ0n) is 14.4. The largest absolute Gasteiger partial charge is 0.497 e. The van der Waals surface area contributed by atoms with Crippen molar-refractivity contribution in [2.75, 3.05) is 26.7 Å². The molecule has 0 saturated carbocycles. The first-order chi connectivity index (χ1) is 12.3. The molecule has 2 saturated heterocycles. The van der Waals surface area contributed by atoms with E-state index in [9.17, 15) is 4.79 Å². The van der Waals surface area contributed by atoms with Gasteiger partial charge in [0.15, 0.2) is 0 Å². The molecule has 25 heavy (non-hydrogen) atoms. The van der Waals surface area contributed by atoms with E-state index >= 15 is 0 Å². The normalized spacial score (nSPS) is 25.2. The Labute approximate surface area is 147 Å². The molecule has 1 amide bonds. The number of aryl methyl sites for hydroxylation is 1. The first-order valence-corrected chi connectivity index (χ1v) is 8.80. The van der Waals surface area contributed by atoms with Crippen molar-refractivity contribution in [3.8, 4) is 5.75 Å². The monoisotopic (exact) mass is 341 g/mol. The third kappa shape index (κ3) is 3.14. The Balaban J connectivity index is 1.53. The van der Waals surface area contributed by atoms with Gasteiger partial charge in [0.25, 0.3) is 0 Å². The highest BCUT2D eigenvalue weighted by Gasteiger charge is 2.46. The summed E-state index contributed by atoms with van der Waals surface area (Å²) in [5.74, 6) is 2.79. The highest BCUT2D eigenvalue weighted by Crippen LogP contribution is 2.43. The molecule has 2 aromatic rings. The molecule has 1 aromatic carbocycles. The smallest absolute Gasteiger partial charge is 0.223 e. The number of ether oxygens (including phenoxy) is 1. The number of carbonyl (C=O) groups excluding carboxylic acids is 1. The van der Waals surface area contributed by atoms with E-state index in [1.54, 1.807) is 13.3 Å². The molecule has 1 aromatic heterocycles. The number of hydrogen-bond donors (Lipinski definition) is 1. The fourth-order valence-corrected chi connectivity index (χ4v) is 4.15. The van der Waals surface area contributed by atoms with E-state index in [0.29, 0.717) is 24.7 Å². The molecule has 2 aliphatic rings. The topological polar surface area (TPSA) is 67.6 Å². The summed E-state index contributed by atoms with van der Waals surface area (Å²) in [5, 5.41) is 7.18. The highest BCUT2D eigenvalue weighted by molar-refractivity contribution is 5.77. The van der Waals surface area contributed by atoms with Crippen LogP contribution in [0.4, 0.5) is 0 Å². The van der Waals surface area contributed by atoms with Crippen LogP contribution in [-0.2, 0) is 11.2 Å². The fourth-order valence-electron chi connectivity index (χ4n) is 4.15. The second-order valence-electron chi connectivity index (χ2n) is 6.83. The molecule has 132 valence electrons. The van der Waals surface area contributed by atoms with Crippen LogP contribution < -0.4 is 10.1 Å². The predicted octanol–water partition coefficient (Wildman–Crippen LogP) is 2.03. The van der Waals surface area contributed by atoms with Gasteiger partial charge in [0.2, 0.25) is 5.91 Å². The third-order valence-corrected chi connectivity index (χ3v) is 5.42. The molecule has 6 nitrogen and oxygen atoms in total. The summed E-state index contributed by atoms with van der Waals surface area (Å²) in [6, 6.07) is 10.1. The van der Waals surface area contributed by atoms with Crippen LogP contribution in [0.3, 0.4) is 0 Å². The lowest BCUT2D eigenvalue weighted by Gasteiger charge is -2.28. The van der Waals surface area contributed by atoms with E-state index in [1.165, 1.54) is 5.56 Å². The van der Waals surface area contributed by atoms with E-state index in [1.807, 2.05) is 18.2 Å². The van der Waals surface area contributed by atoms with Crippen LogP contribution in [0, 0.1) is 11.8 Å². The average Bonchev–Trinajstić information content (AvgIpc) is 3.36. The van der Waals surface area contributed by atoms with Crippen LogP contribution >= 0.6 is 0 Å². The first kappa shape index (κ1) is 16.1. The lowest BCUT2D eigenvalue weighted by atomic mass is 9.89. The summed E-state index contributed by atoms with van der Waals surface area (Å²) >= 11 is 0. The lowest BCUT2D eigenvalue weighted by Crippen LogP contribution is -2.34. The Morgan fingerprint density at radius 2 is 2.16 bits per heavy atom. The van der Waals surface area contributed by atoms with Gasteiger partial charge in [0, 0.05) is 44.5 Å². The molecule has 1 N–H and O–H groups in total. The molecule has 0 spiro atoms. The quantitative estimate of drug-likeness (QED) is 0.901. The van der Waals surface area contributed by atoms with E-state index in [-0.39, 0.29) is 11.9 Å². The Bertz CT molecular complexity index is 714. The number of hydrogen-bond acceptors (Lipinski definition) is 5. The third-order valence-electron chi connectivity index (χ3n) is 5.42. The molecule has 3 heterocycles. The van der Waals surface area contributed by atoms with Crippen molar-refractivity contribution < 1.29 is 14.1 Å². The van der Waals surface area contributed by atoms with Crippen molar-refractivity contribution >= 4 is 5.91 Å². The van der Waals surface area contributed by atoms with Crippen molar-refractivity contribution in [1.29, 1.82) is 0 Å². The first-order valence-electron chi connectivity index (χ1n) is 8.80. The molecule has 0 bridgehead atoms. The van der Waals surface area contributed by atoms with Gasteiger partial charge in [-0.3, -0.25) is 4.79 Å². The van der Waals surface area contributed by atoms with Crippen molar-refractivity contribution in [3.63, 3.8) is 0 Å². The number of nitrogens with zero attached hydrogens (tertiary/aromatic N) is 2. The van der Waals surface area contributed by atoms with Gasteiger partial charge in [0.05, 0.1) is 19.3 Å². The number of methoxy groups -OCH3 is 1. The summed E-state index contributed by atoms with van der Waals surface area (Å²) in [6.07, 6.45) is 2.67. The van der Waals surface area contributed by atoms with Gasteiger partial charge in [-0.1, -0.05) is 17.3 Å². The highest BCUT2D eigenvalue weighted by atomic mass is 16.5. The van der Waals surface area contributed by atoms with Crippen LogP contribution in [-0.4, -0.2) is 42.7 Å². The van der Waals surface area contributed by atoms with Gasteiger partial charge in [-0.25, -0.2) is 0 Å². The number of aromatic nitrogens is 1. The maximum Gasteiger partial charge on any atom is 0.223 e. The van der Waals surface area contributed by atoms with E-state index in [0.717, 1.165) is 31.1 Å². The fraction of sp³-hybridized carbons (Fsp3) is 0.474. The summed E-state index contributed by atoms with van der Waals surface area (Å²) in [4.78, 5) is 15.0. The summed E-state index contributed by atoms with van der Waals surface area (Å²) in [5.41, 5.74) is 1.19. The van der Waals surface area contributed by atoms with Gasteiger partial charge in [-0.05, 0) is 23.6 Å². The minimum atomic E-state index is 0.133. The Morgan fingerprint density at radius 3 is 2.88 bits per heavy atom. The van der Waals surface area contributed by atoms with Crippen LogP contribution in [0.25, 0.3) is 0 Å². The lowest BCUT2D eigenvalue weighted by molar-refractivity contribution is -0.132. The van der Waals surface area contributed by atoms with Gasteiger partial charge in [-0.2, -0.15) is 0 Å². The average molecular weight is 341 g/mol. The minimum Gasteiger partial charge on any atom is -0.497 e. The summed E-state index contributed by atoms with van der Waals surface area (Å²) < 4.78 is 10.4. The Hall–Kier alpha value is -2.34. The second kappa shape index (κ2) is 6.88. The SMILES string of the molecule is COc1ccc([C@H]2[C@H]3CNC[C@H]3CN2C(=O)CCc2ccno2)cc1. The summed E-state index contributed by atoms with van der Waals surface area (Å²) in [6.45, 7) is 2.78. The Morgan fingerprint density at radius 1 is 1.32 bits per heavy atom. The van der Waals surface area contributed by atoms with Crippen LogP contribution in [0.15, 0.2) is 41.1 Å². The molecule has 6 heteroatoms. The number of rotatable bonds is 5. The predicted molar refractivity (Wildman–Crippen MR) is 92.1 cm³/mol. The number of nitrogens with one attached hydrogen (secondary N) is 1. The van der Waals surface area contributed by atoms with Crippen LogP contribution in [0.1, 0.15) is 23.8 Å². The number of benzene rings is 1. The maximum atomic E-state index is 12.9. The second-order valence-corrected chi connectivity index (χ2v) is 6.83. The van der Waals surface area contributed by atoms with Crippen molar-refractivity contribution in [2.24, 2.45) is 11.8 Å².